The van der Waals surface area contributed by atoms with Gasteiger partial charge in [-0.15, -0.1) is 0 Å². The van der Waals surface area contributed by atoms with Crippen LogP contribution in [0.3, 0.4) is 0 Å². The van der Waals surface area contributed by atoms with E-state index in [1.807, 2.05) is 30.3 Å². The molecule has 0 aromatic heterocycles. The summed E-state index contributed by atoms with van der Waals surface area (Å²) >= 11 is 0. The van der Waals surface area contributed by atoms with Crippen LogP contribution in [-0.4, -0.2) is 22.2 Å². The summed E-state index contributed by atoms with van der Waals surface area (Å²) in [5.41, 5.74) is -0.766. The van der Waals surface area contributed by atoms with Crippen LogP contribution in [0.1, 0.15) is 18.9 Å². The molecule has 1 atom stereocenters. The van der Waals surface area contributed by atoms with Crippen LogP contribution in [-0.2, 0) is 15.0 Å². The summed E-state index contributed by atoms with van der Waals surface area (Å²) in [7, 11) is 0. The first-order valence-corrected chi connectivity index (χ1v) is 7.38. The van der Waals surface area contributed by atoms with Gasteiger partial charge in [0.05, 0.1) is 6.42 Å². The summed E-state index contributed by atoms with van der Waals surface area (Å²) in [5, 5.41) is 18.2. The average molecular weight is 326 g/mol. The van der Waals surface area contributed by atoms with Crippen molar-refractivity contribution in [2.24, 2.45) is 0 Å². The van der Waals surface area contributed by atoms with E-state index in [1.54, 1.807) is 24.3 Å². The lowest BCUT2D eigenvalue weighted by molar-refractivity contribution is -0.141. The lowest BCUT2D eigenvalue weighted by Crippen LogP contribution is -2.30. The van der Waals surface area contributed by atoms with E-state index in [9.17, 15) is 14.7 Å². The highest BCUT2D eigenvalue weighted by Gasteiger charge is 2.32. The molecule has 0 aliphatic heterocycles. The van der Waals surface area contributed by atoms with E-state index in [2.05, 4.69) is 0 Å². The molecular weight excluding hydrogens is 308 g/mol. The smallest absolute Gasteiger partial charge is 0.317 e. The molecule has 0 saturated carbocycles. The lowest BCUT2D eigenvalue weighted by Gasteiger charge is -2.21. The van der Waals surface area contributed by atoms with Crippen LogP contribution in [0.4, 0.5) is 0 Å². The first-order chi connectivity index (χ1) is 11.4. The van der Waals surface area contributed by atoms with Crippen molar-refractivity contribution in [1.29, 1.82) is 0 Å². The van der Waals surface area contributed by atoms with Crippen molar-refractivity contribution in [2.45, 2.75) is 18.8 Å². The minimum Gasteiger partial charge on any atom is -0.481 e. The Hall–Kier alpha value is -3.08. The number of carboxylic acids is 2. The molecule has 0 aliphatic carbocycles. The van der Waals surface area contributed by atoms with Gasteiger partial charge in [-0.05, 0) is 36.8 Å². The maximum atomic E-state index is 11.6. The Kier molecular flexibility index (Phi) is 5.37. The molecule has 5 heteroatoms. The zero-order chi connectivity index (χ0) is 17.6. The van der Waals surface area contributed by atoms with Crippen molar-refractivity contribution in [2.75, 3.05) is 0 Å². The van der Waals surface area contributed by atoms with Crippen LogP contribution in [0.15, 0.2) is 66.7 Å². The normalized spacial score (nSPS) is 13.4. The van der Waals surface area contributed by atoms with Gasteiger partial charge in [-0.2, -0.15) is 0 Å². The Balaban J connectivity index is 2.21. The van der Waals surface area contributed by atoms with Crippen molar-refractivity contribution < 1.29 is 24.5 Å². The van der Waals surface area contributed by atoms with Gasteiger partial charge in [0.15, 0.2) is 0 Å². The molecule has 0 spiro atoms. The zero-order valence-corrected chi connectivity index (χ0v) is 13.2. The number of benzene rings is 2. The van der Waals surface area contributed by atoms with Gasteiger partial charge in [0, 0.05) is 0 Å². The predicted molar refractivity (Wildman–Crippen MR) is 89.3 cm³/mol. The fourth-order valence-corrected chi connectivity index (χ4v) is 2.18. The van der Waals surface area contributed by atoms with E-state index in [-0.39, 0.29) is 6.42 Å². The van der Waals surface area contributed by atoms with Gasteiger partial charge in [-0.25, -0.2) is 0 Å². The predicted octanol–water partition coefficient (Wildman–Crippen LogP) is 3.85. The Labute approximate surface area is 139 Å². The third kappa shape index (κ3) is 4.23. The van der Waals surface area contributed by atoms with Crippen molar-refractivity contribution in [3.05, 3.63) is 72.3 Å². The lowest BCUT2D eigenvalue weighted by atomic mass is 9.82. The standard InChI is InChI=1S/C19H18O5/c1-19(18(22)23,13-5-8-17(20)21)14-9-11-16(12-10-14)24-15-6-3-2-4-7-15/h2-7,9-13H,8H2,1H3,(H,20,21)(H,22,23)/b13-5+. The van der Waals surface area contributed by atoms with E-state index >= 15 is 0 Å². The number of rotatable bonds is 7. The second-order valence-corrected chi connectivity index (χ2v) is 5.45. The number of hydrogen-bond acceptors (Lipinski definition) is 3. The monoisotopic (exact) mass is 326 g/mol. The second kappa shape index (κ2) is 7.46. The molecule has 2 N–H and O–H groups in total. The summed E-state index contributed by atoms with van der Waals surface area (Å²) in [6.07, 6.45) is 2.53. The van der Waals surface area contributed by atoms with Gasteiger partial charge in [-0.3, -0.25) is 9.59 Å². The molecule has 5 nitrogen and oxygen atoms in total. The number of aliphatic carboxylic acids is 2. The Morgan fingerprint density at radius 1 is 1.00 bits per heavy atom. The van der Waals surface area contributed by atoms with E-state index < -0.39 is 17.4 Å². The molecule has 2 aromatic rings. The fraction of sp³-hybridized carbons (Fsp3) is 0.158. The first-order valence-electron chi connectivity index (χ1n) is 7.38. The molecule has 0 bridgehead atoms. The van der Waals surface area contributed by atoms with Gasteiger partial charge in [0.2, 0.25) is 0 Å². The van der Waals surface area contributed by atoms with Crippen molar-refractivity contribution >= 4 is 11.9 Å². The van der Waals surface area contributed by atoms with Gasteiger partial charge < -0.3 is 14.9 Å². The first kappa shape index (κ1) is 17.3. The average Bonchev–Trinajstić information content (AvgIpc) is 2.55. The summed E-state index contributed by atoms with van der Waals surface area (Å²) in [5.74, 6) is -0.786. The van der Waals surface area contributed by atoms with E-state index in [4.69, 9.17) is 9.84 Å². The molecule has 0 radical (unpaired) electrons. The van der Waals surface area contributed by atoms with Crippen LogP contribution >= 0.6 is 0 Å². The molecule has 0 aliphatic rings. The molecule has 0 saturated heterocycles. The highest BCUT2D eigenvalue weighted by molar-refractivity contribution is 5.83. The maximum Gasteiger partial charge on any atom is 0.317 e. The summed E-state index contributed by atoms with van der Waals surface area (Å²) in [6.45, 7) is 1.53. The van der Waals surface area contributed by atoms with Crippen LogP contribution < -0.4 is 4.74 Å². The van der Waals surface area contributed by atoms with Crippen LogP contribution in [0.5, 0.6) is 11.5 Å². The maximum absolute atomic E-state index is 11.6. The van der Waals surface area contributed by atoms with Crippen LogP contribution in [0.2, 0.25) is 0 Å². The second-order valence-electron chi connectivity index (χ2n) is 5.45. The van der Waals surface area contributed by atoms with Crippen molar-refractivity contribution in [1.82, 2.24) is 0 Å². The molecule has 1 unspecified atom stereocenters. The van der Waals surface area contributed by atoms with Gasteiger partial charge in [-0.1, -0.05) is 42.5 Å². The molecule has 124 valence electrons. The van der Waals surface area contributed by atoms with Crippen LogP contribution in [0, 0.1) is 0 Å². The Morgan fingerprint density at radius 3 is 2.12 bits per heavy atom. The molecular formula is C19H18O5. The molecule has 0 fully saturated rings. The third-order valence-electron chi connectivity index (χ3n) is 3.62. The van der Waals surface area contributed by atoms with E-state index in [1.165, 1.54) is 19.1 Å². The van der Waals surface area contributed by atoms with Gasteiger partial charge in [0.1, 0.15) is 16.9 Å². The van der Waals surface area contributed by atoms with Crippen molar-refractivity contribution in [3.8, 4) is 11.5 Å². The van der Waals surface area contributed by atoms with Crippen molar-refractivity contribution in [3.63, 3.8) is 0 Å². The minimum absolute atomic E-state index is 0.224. The number of carbonyl (C=O) groups is 2. The number of para-hydroxylation sites is 1. The fourth-order valence-electron chi connectivity index (χ4n) is 2.18. The van der Waals surface area contributed by atoms with E-state index in [0.29, 0.717) is 17.1 Å². The van der Waals surface area contributed by atoms with Gasteiger partial charge >= 0.3 is 11.9 Å². The van der Waals surface area contributed by atoms with E-state index in [0.717, 1.165) is 0 Å². The molecule has 0 heterocycles. The highest BCUT2D eigenvalue weighted by Crippen LogP contribution is 2.29. The topological polar surface area (TPSA) is 83.8 Å². The Morgan fingerprint density at radius 2 is 1.58 bits per heavy atom. The summed E-state index contributed by atoms with van der Waals surface area (Å²) in [4.78, 5) is 22.2. The largest absolute Gasteiger partial charge is 0.481 e. The molecule has 2 rings (SSSR count). The zero-order valence-electron chi connectivity index (χ0n) is 13.2. The minimum atomic E-state index is -1.30. The third-order valence-corrected chi connectivity index (χ3v) is 3.62. The molecule has 2 aromatic carbocycles. The number of carboxylic acid groups (broad SMARTS) is 2. The van der Waals surface area contributed by atoms with Gasteiger partial charge in [0.25, 0.3) is 0 Å². The summed E-state index contributed by atoms with van der Waals surface area (Å²) < 4.78 is 5.68. The Bertz CT molecular complexity index is 734. The number of hydrogen-bond donors (Lipinski definition) is 2. The SMILES string of the molecule is CC(/C=C/CC(=O)O)(C(=O)O)c1ccc(Oc2ccccc2)cc1. The molecule has 0 amide bonds. The highest BCUT2D eigenvalue weighted by atomic mass is 16.5. The number of ether oxygens (including phenoxy) is 1. The quantitative estimate of drug-likeness (QED) is 0.755. The summed E-state index contributed by atoms with van der Waals surface area (Å²) in [6, 6.07) is 16.0. The molecule has 24 heavy (non-hydrogen) atoms. The van der Waals surface area contributed by atoms with Crippen LogP contribution in [0.25, 0.3) is 0 Å².